The van der Waals surface area contributed by atoms with E-state index in [0.29, 0.717) is 0 Å². The summed E-state index contributed by atoms with van der Waals surface area (Å²) < 4.78 is 38.9. The first kappa shape index (κ1) is 11.0. The van der Waals surface area contributed by atoms with Crippen molar-refractivity contribution < 1.29 is 13.2 Å². The van der Waals surface area contributed by atoms with E-state index in [1.165, 1.54) is 18.2 Å². The molecule has 2 rings (SSSR count). The van der Waals surface area contributed by atoms with Gasteiger partial charge in [0.2, 0.25) is 5.95 Å². The van der Waals surface area contributed by atoms with Gasteiger partial charge in [0.05, 0.1) is 4.90 Å². The van der Waals surface area contributed by atoms with Crippen LogP contribution in [0.15, 0.2) is 46.3 Å². The second-order valence-corrected chi connectivity index (χ2v) is 4.04. The first-order valence-corrected chi connectivity index (χ1v) is 5.22. The van der Waals surface area contributed by atoms with Crippen LogP contribution in [0, 0.1) is 17.6 Å². The van der Waals surface area contributed by atoms with Crippen LogP contribution in [0.5, 0.6) is 0 Å². The summed E-state index contributed by atoms with van der Waals surface area (Å²) >= 11 is 0.876. The quantitative estimate of drug-likeness (QED) is 0.744. The molecule has 0 aliphatic heterocycles. The molecule has 0 unspecified atom stereocenters. The van der Waals surface area contributed by atoms with Crippen molar-refractivity contribution in [2.45, 2.75) is 9.92 Å². The SMILES string of the molecule is Fc1ccc(F)c(Sc2cccc(F)n2)c1. The Bertz CT molecular complexity index is 516. The van der Waals surface area contributed by atoms with Crippen molar-refractivity contribution in [3.63, 3.8) is 0 Å². The van der Waals surface area contributed by atoms with Gasteiger partial charge in [0.25, 0.3) is 0 Å². The van der Waals surface area contributed by atoms with Crippen molar-refractivity contribution in [1.29, 1.82) is 0 Å². The second-order valence-electron chi connectivity index (χ2n) is 2.98. The van der Waals surface area contributed by atoms with Gasteiger partial charge in [0.1, 0.15) is 16.7 Å². The number of nitrogens with zero attached hydrogens (tertiary/aromatic N) is 1. The Balaban J connectivity index is 2.30. The maximum atomic E-state index is 13.2. The third-order valence-corrected chi connectivity index (χ3v) is 2.77. The van der Waals surface area contributed by atoms with Crippen LogP contribution in [0.2, 0.25) is 0 Å². The Hall–Kier alpha value is -1.49. The van der Waals surface area contributed by atoms with Gasteiger partial charge >= 0.3 is 0 Å². The Kier molecular flexibility index (Phi) is 3.14. The Morgan fingerprint density at radius 2 is 1.81 bits per heavy atom. The van der Waals surface area contributed by atoms with Crippen LogP contribution in [0.4, 0.5) is 13.2 Å². The first-order chi connectivity index (χ1) is 7.65. The molecular weight excluding hydrogens is 235 g/mol. The lowest BCUT2D eigenvalue weighted by Gasteiger charge is -2.02. The molecule has 1 nitrogen and oxygen atoms in total. The number of hydrogen-bond acceptors (Lipinski definition) is 2. The molecule has 1 aromatic carbocycles. The second kappa shape index (κ2) is 4.57. The largest absolute Gasteiger partial charge is 0.213 e. The summed E-state index contributed by atoms with van der Waals surface area (Å²) in [5.41, 5.74) is 0. The van der Waals surface area contributed by atoms with Crippen LogP contribution in [0.3, 0.4) is 0 Å². The highest BCUT2D eigenvalue weighted by atomic mass is 32.2. The molecule has 2 aromatic rings. The van der Waals surface area contributed by atoms with Gasteiger partial charge in [0.15, 0.2) is 0 Å². The summed E-state index contributed by atoms with van der Waals surface area (Å²) in [6.45, 7) is 0. The summed E-state index contributed by atoms with van der Waals surface area (Å²) in [5.74, 6) is -1.75. The molecule has 0 N–H and O–H groups in total. The molecule has 0 aliphatic rings. The fourth-order valence-corrected chi connectivity index (χ4v) is 1.96. The highest BCUT2D eigenvalue weighted by Crippen LogP contribution is 2.28. The van der Waals surface area contributed by atoms with Crippen molar-refractivity contribution in [2.24, 2.45) is 0 Å². The van der Waals surface area contributed by atoms with E-state index in [9.17, 15) is 13.2 Å². The lowest BCUT2D eigenvalue weighted by Crippen LogP contribution is -1.87. The molecule has 0 amide bonds. The fourth-order valence-electron chi connectivity index (χ4n) is 1.11. The zero-order valence-electron chi connectivity index (χ0n) is 7.95. The number of halogens is 3. The van der Waals surface area contributed by atoms with Crippen molar-refractivity contribution in [3.8, 4) is 0 Å². The molecule has 1 aromatic heterocycles. The molecule has 5 heteroatoms. The third kappa shape index (κ3) is 2.55. The molecule has 0 fully saturated rings. The third-order valence-electron chi connectivity index (χ3n) is 1.80. The highest BCUT2D eigenvalue weighted by molar-refractivity contribution is 7.99. The zero-order valence-corrected chi connectivity index (χ0v) is 8.77. The van der Waals surface area contributed by atoms with E-state index in [2.05, 4.69) is 4.98 Å². The lowest BCUT2D eigenvalue weighted by molar-refractivity contribution is 0.569. The Labute approximate surface area is 94.3 Å². The molecule has 0 bridgehead atoms. The first-order valence-electron chi connectivity index (χ1n) is 4.40. The fraction of sp³-hybridized carbons (Fsp3) is 0. The van der Waals surface area contributed by atoms with Crippen molar-refractivity contribution in [1.82, 2.24) is 4.98 Å². The van der Waals surface area contributed by atoms with Crippen LogP contribution >= 0.6 is 11.8 Å². The van der Waals surface area contributed by atoms with Gasteiger partial charge < -0.3 is 0 Å². The smallest absolute Gasteiger partial charge is 0.213 e. The molecular formula is C11H6F3NS. The number of aromatic nitrogens is 1. The van der Waals surface area contributed by atoms with Gasteiger partial charge in [-0.15, -0.1) is 0 Å². The molecule has 0 aliphatic carbocycles. The lowest BCUT2D eigenvalue weighted by atomic mass is 10.3. The predicted octanol–water partition coefficient (Wildman–Crippen LogP) is 3.65. The van der Waals surface area contributed by atoms with E-state index in [1.807, 2.05) is 0 Å². The van der Waals surface area contributed by atoms with Crippen molar-refractivity contribution in [2.75, 3.05) is 0 Å². The minimum Gasteiger partial charge on any atom is -0.213 e. The highest BCUT2D eigenvalue weighted by Gasteiger charge is 2.07. The molecule has 1 heterocycles. The van der Waals surface area contributed by atoms with E-state index in [0.717, 1.165) is 30.0 Å². The Morgan fingerprint density at radius 3 is 2.56 bits per heavy atom. The van der Waals surface area contributed by atoms with E-state index in [-0.39, 0.29) is 9.92 Å². The van der Waals surface area contributed by atoms with Crippen LogP contribution in [-0.4, -0.2) is 4.98 Å². The topological polar surface area (TPSA) is 12.9 Å². The van der Waals surface area contributed by atoms with Crippen LogP contribution in [0.25, 0.3) is 0 Å². The zero-order chi connectivity index (χ0) is 11.5. The average molecular weight is 241 g/mol. The van der Waals surface area contributed by atoms with Gasteiger partial charge in [-0.05, 0) is 30.3 Å². The number of pyridine rings is 1. The summed E-state index contributed by atoms with van der Waals surface area (Å²) in [7, 11) is 0. The average Bonchev–Trinajstić information content (AvgIpc) is 2.24. The molecule has 0 saturated heterocycles. The van der Waals surface area contributed by atoms with Crippen molar-refractivity contribution >= 4 is 11.8 Å². The minimum atomic E-state index is -0.651. The van der Waals surface area contributed by atoms with Crippen LogP contribution in [-0.2, 0) is 0 Å². The van der Waals surface area contributed by atoms with Gasteiger partial charge in [-0.1, -0.05) is 17.8 Å². The summed E-state index contributed by atoms with van der Waals surface area (Å²) in [6.07, 6.45) is 0. The number of rotatable bonds is 2. The van der Waals surface area contributed by atoms with Gasteiger partial charge in [-0.3, -0.25) is 0 Å². The summed E-state index contributed by atoms with van der Waals surface area (Å²) in [6, 6.07) is 7.27. The molecule has 0 atom stereocenters. The molecule has 16 heavy (non-hydrogen) atoms. The predicted molar refractivity (Wildman–Crippen MR) is 54.7 cm³/mol. The summed E-state index contributed by atoms with van der Waals surface area (Å²) in [5, 5.41) is 0.282. The molecule has 0 radical (unpaired) electrons. The van der Waals surface area contributed by atoms with E-state index < -0.39 is 17.6 Å². The molecule has 82 valence electrons. The molecule has 0 saturated carbocycles. The van der Waals surface area contributed by atoms with E-state index >= 15 is 0 Å². The maximum absolute atomic E-state index is 13.2. The van der Waals surface area contributed by atoms with Crippen LogP contribution < -0.4 is 0 Å². The molecule has 0 spiro atoms. The van der Waals surface area contributed by atoms with E-state index in [4.69, 9.17) is 0 Å². The standard InChI is InChI=1S/C11H6F3NS/c12-7-4-5-8(13)9(6-7)16-11-3-1-2-10(14)15-11/h1-6H. The minimum absolute atomic E-state index is 0.0816. The van der Waals surface area contributed by atoms with Gasteiger partial charge in [0, 0.05) is 0 Å². The number of hydrogen-bond donors (Lipinski definition) is 0. The van der Waals surface area contributed by atoms with E-state index in [1.54, 1.807) is 0 Å². The van der Waals surface area contributed by atoms with Crippen LogP contribution in [0.1, 0.15) is 0 Å². The maximum Gasteiger partial charge on any atom is 0.213 e. The number of benzene rings is 1. The van der Waals surface area contributed by atoms with Gasteiger partial charge in [-0.2, -0.15) is 4.39 Å². The Morgan fingerprint density at radius 1 is 1.00 bits per heavy atom. The van der Waals surface area contributed by atoms with Crippen molar-refractivity contribution in [3.05, 3.63) is 54.0 Å². The normalized spacial score (nSPS) is 10.4. The monoisotopic (exact) mass is 241 g/mol. The summed E-state index contributed by atoms with van der Waals surface area (Å²) in [4.78, 5) is 3.63. The van der Waals surface area contributed by atoms with Gasteiger partial charge in [-0.25, -0.2) is 13.8 Å².